The van der Waals surface area contributed by atoms with Gasteiger partial charge in [0.15, 0.2) is 0 Å². The number of nitrogens with two attached hydrogens (primary N) is 1. The monoisotopic (exact) mass is 284 g/mol. The molecule has 6 nitrogen and oxygen atoms in total. The third-order valence-electron chi connectivity index (χ3n) is 4.29. The van der Waals surface area contributed by atoms with Crippen molar-refractivity contribution in [2.45, 2.75) is 50.7 Å². The number of likely N-dealkylation sites (tertiary alicyclic amines) is 1. The van der Waals surface area contributed by atoms with Crippen LogP contribution in [0.1, 0.15) is 39.0 Å². The van der Waals surface area contributed by atoms with Crippen molar-refractivity contribution >= 4 is 11.9 Å². The van der Waals surface area contributed by atoms with E-state index in [0.717, 1.165) is 32.1 Å². The van der Waals surface area contributed by atoms with Crippen molar-refractivity contribution in [3.8, 4) is 0 Å². The molecule has 1 aliphatic heterocycles. The van der Waals surface area contributed by atoms with Crippen LogP contribution in [0.2, 0.25) is 0 Å². The molecule has 0 spiro atoms. The van der Waals surface area contributed by atoms with E-state index in [-0.39, 0.29) is 24.5 Å². The van der Waals surface area contributed by atoms with E-state index in [1.807, 2.05) is 6.92 Å². The highest BCUT2D eigenvalue weighted by Gasteiger charge is 2.45. The number of hydrogen-bond acceptors (Lipinski definition) is 4. The zero-order valence-electron chi connectivity index (χ0n) is 12.0. The summed E-state index contributed by atoms with van der Waals surface area (Å²) in [5, 5.41) is 8.62. The molecule has 1 heterocycles. The number of aliphatic carboxylic acids is 1. The molecular formula is C14H24N2O4. The lowest BCUT2D eigenvalue weighted by Crippen LogP contribution is -2.65. The Morgan fingerprint density at radius 3 is 2.60 bits per heavy atom. The summed E-state index contributed by atoms with van der Waals surface area (Å²) in [5.74, 6) is -0.959. The summed E-state index contributed by atoms with van der Waals surface area (Å²) in [4.78, 5) is 24.7. The molecule has 0 bridgehead atoms. The van der Waals surface area contributed by atoms with Crippen LogP contribution >= 0.6 is 0 Å². The van der Waals surface area contributed by atoms with E-state index in [9.17, 15) is 9.59 Å². The second-order valence-corrected chi connectivity index (χ2v) is 6.23. The van der Waals surface area contributed by atoms with Crippen molar-refractivity contribution in [1.82, 2.24) is 4.90 Å². The normalized spacial score (nSPS) is 29.4. The Morgan fingerprint density at radius 1 is 1.30 bits per heavy atom. The molecule has 2 unspecified atom stereocenters. The second-order valence-electron chi connectivity index (χ2n) is 6.23. The van der Waals surface area contributed by atoms with E-state index in [4.69, 9.17) is 15.6 Å². The molecule has 20 heavy (non-hydrogen) atoms. The van der Waals surface area contributed by atoms with Gasteiger partial charge in [0.25, 0.3) is 0 Å². The number of carbonyl (C=O) groups is 2. The Labute approximate surface area is 119 Å². The first-order chi connectivity index (χ1) is 9.41. The van der Waals surface area contributed by atoms with Crippen LogP contribution < -0.4 is 5.73 Å². The van der Waals surface area contributed by atoms with E-state index < -0.39 is 11.6 Å². The van der Waals surface area contributed by atoms with Crippen LogP contribution in [-0.2, 0) is 14.3 Å². The Kier molecular flexibility index (Phi) is 4.65. The fraction of sp³-hybridized carbons (Fsp3) is 0.857. The van der Waals surface area contributed by atoms with Crippen LogP contribution in [0.4, 0.5) is 0 Å². The quantitative estimate of drug-likeness (QED) is 0.737. The number of carbonyl (C=O) groups excluding carboxylic acids is 1. The van der Waals surface area contributed by atoms with Gasteiger partial charge in [-0.3, -0.25) is 4.79 Å². The maximum absolute atomic E-state index is 12.4. The molecule has 1 saturated carbocycles. The average Bonchev–Trinajstić information content (AvgIpc) is 2.57. The smallest absolute Gasteiger partial charge is 0.329 e. The van der Waals surface area contributed by atoms with Gasteiger partial charge < -0.3 is 20.5 Å². The minimum absolute atomic E-state index is 0.0446. The van der Waals surface area contributed by atoms with Gasteiger partial charge in [-0.1, -0.05) is 19.3 Å². The highest BCUT2D eigenvalue weighted by molar-refractivity contribution is 5.80. The van der Waals surface area contributed by atoms with Crippen molar-refractivity contribution < 1.29 is 19.4 Å². The number of amides is 1. The topological polar surface area (TPSA) is 92.9 Å². The molecule has 0 aromatic carbocycles. The molecule has 1 aliphatic carbocycles. The fourth-order valence-electron chi connectivity index (χ4n) is 3.12. The number of carboxylic acid groups (broad SMARTS) is 1. The summed E-state index contributed by atoms with van der Waals surface area (Å²) in [6.45, 7) is 2.44. The molecule has 2 aliphatic rings. The van der Waals surface area contributed by atoms with Crippen molar-refractivity contribution in [3.63, 3.8) is 0 Å². The predicted molar refractivity (Wildman–Crippen MR) is 73.1 cm³/mol. The van der Waals surface area contributed by atoms with Gasteiger partial charge in [0.05, 0.1) is 19.0 Å². The highest BCUT2D eigenvalue weighted by atomic mass is 16.5. The van der Waals surface area contributed by atoms with Gasteiger partial charge in [0, 0.05) is 6.04 Å². The molecule has 3 N–H and O–H groups in total. The van der Waals surface area contributed by atoms with Crippen molar-refractivity contribution in [3.05, 3.63) is 0 Å². The zero-order valence-corrected chi connectivity index (χ0v) is 12.0. The molecule has 114 valence electrons. The number of nitrogens with zero attached hydrogens (tertiary/aromatic N) is 1. The predicted octanol–water partition coefficient (Wildman–Crippen LogP) is 0.596. The molecule has 6 heteroatoms. The Balaban J connectivity index is 1.84. The van der Waals surface area contributed by atoms with Crippen LogP contribution in [0, 0.1) is 5.92 Å². The molecule has 0 aromatic rings. The molecule has 0 aromatic heterocycles. The Hall–Kier alpha value is -1.14. The van der Waals surface area contributed by atoms with E-state index in [1.54, 1.807) is 4.90 Å². The van der Waals surface area contributed by atoms with Gasteiger partial charge in [-0.15, -0.1) is 0 Å². The highest BCUT2D eigenvalue weighted by Crippen LogP contribution is 2.30. The van der Waals surface area contributed by atoms with Crippen LogP contribution in [-0.4, -0.2) is 53.2 Å². The van der Waals surface area contributed by atoms with Crippen molar-refractivity contribution in [2.24, 2.45) is 11.7 Å². The van der Waals surface area contributed by atoms with Gasteiger partial charge in [0.2, 0.25) is 5.91 Å². The number of rotatable bonds is 4. The molecule has 1 saturated heterocycles. The summed E-state index contributed by atoms with van der Waals surface area (Å²) < 4.78 is 5.32. The molecule has 2 rings (SSSR count). The van der Waals surface area contributed by atoms with Crippen LogP contribution in [0.5, 0.6) is 0 Å². The maximum Gasteiger partial charge on any atom is 0.329 e. The SMILES string of the molecule is CC1(OCC(=O)O)CN(C(=O)C2CCCCCC2N)C1. The van der Waals surface area contributed by atoms with E-state index >= 15 is 0 Å². The Bertz CT molecular complexity index is 379. The summed E-state index contributed by atoms with van der Waals surface area (Å²) in [6.07, 6.45) is 5.09. The lowest BCUT2D eigenvalue weighted by Gasteiger charge is -2.48. The van der Waals surface area contributed by atoms with Crippen LogP contribution in [0.3, 0.4) is 0 Å². The lowest BCUT2D eigenvalue weighted by atomic mass is 9.89. The maximum atomic E-state index is 12.4. The molecule has 1 amide bonds. The number of carboxylic acids is 1. The van der Waals surface area contributed by atoms with Gasteiger partial charge in [0.1, 0.15) is 12.2 Å². The molecule has 0 radical (unpaired) electrons. The summed E-state index contributed by atoms with van der Waals surface area (Å²) in [7, 11) is 0. The third kappa shape index (κ3) is 3.49. The third-order valence-corrected chi connectivity index (χ3v) is 4.29. The molecule has 2 fully saturated rings. The second kappa shape index (κ2) is 6.10. The Morgan fingerprint density at radius 2 is 1.95 bits per heavy atom. The van der Waals surface area contributed by atoms with Crippen molar-refractivity contribution in [1.29, 1.82) is 0 Å². The first-order valence-electron chi connectivity index (χ1n) is 7.31. The van der Waals surface area contributed by atoms with Crippen LogP contribution in [0.25, 0.3) is 0 Å². The summed E-state index contributed by atoms with van der Waals surface area (Å²) in [6, 6.07) is -0.0446. The molecular weight excluding hydrogens is 260 g/mol. The number of hydrogen-bond donors (Lipinski definition) is 2. The lowest BCUT2D eigenvalue weighted by molar-refractivity contribution is -0.176. The van der Waals surface area contributed by atoms with E-state index in [1.165, 1.54) is 0 Å². The summed E-state index contributed by atoms with van der Waals surface area (Å²) >= 11 is 0. The van der Waals surface area contributed by atoms with Crippen LogP contribution in [0.15, 0.2) is 0 Å². The number of ether oxygens (including phenoxy) is 1. The minimum atomic E-state index is -0.984. The fourth-order valence-corrected chi connectivity index (χ4v) is 3.12. The van der Waals surface area contributed by atoms with E-state index in [2.05, 4.69) is 0 Å². The van der Waals surface area contributed by atoms with Crippen molar-refractivity contribution in [2.75, 3.05) is 19.7 Å². The van der Waals surface area contributed by atoms with Gasteiger partial charge in [-0.05, 0) is 19.8 Å². The standard InChI is InChI=1S/C14H24N2O4/c1-14(20-7-12(17)18)8-16(9-14)13(19)10-5-3-2-4-6-11(10)15/h10-11H,2-9,15H2,1H3,(H,17,18). The molecule has 2 atom stereocenters. The van der Waals surface area contributed by atoms with Gasteiger partial charge >= 0.3 is 5.97 Å². The average molecular weight is 284 g/mol. The first kappa shape index (κ1) is 15.3. The van der Waals surface area contributed by atoms with E-state index in [0.29, 0.717) is 13.1 Å². The largest absolute Gasteiger partial charge is 0.480 e. The van der Waals surface area contributed by atoms with Gasteiger partial charge in [-0.25, -0.2) is 4.79 Å². The summed E-state index contributed by atoms with van der Waals surface area (Å²) in [5.41, 5.74) is 5.58. The minimum Gasteiger partial charge on any atom is -0.480 e. The first-order valence-corrected chi connectivity index (χ1v) is 7.31. The van der Waals surface area contributed by atoms with Gasteiger partial charge in [-0.2, -0.15) is 0 Å². The zero-order chi connectivity index (χ0) is 14.8.